The third-order valence-corrected chi connectivity index (χ3v) is 7.60. The molecule has 29 heavy (non-hydrogen) atoms. The molecule has 0 bridgehead atoms. The highest BCUT2D eigenvalue weighted by Gasteiger charge is 2.29. The van der Waals surface area contributed by atoms with Crippen molar-refractivity contribution in [3.05, 3.63) is 69.8 Å². The zero-order valence-electron chi connectivity index (χ0n) is 16.2. The number of nitrogens with two attached hydrogens (primary N) is 1. The fourth-order valence-electron chi connectivity index (χ4n) is 2.86. The number of hydrogen-bond acceptors (Lipinski definition) is 6. The molecule has 3 rings (SSSR count). The maximum atomic E-state index is 13.2. The minimum atomic E-state index is -3.69. The number of nitrogens with one attached hydrogen (secondary N) is 1. The Labute approximate surface area is 173 Å². The summed E-state index contributed by atoms with van der Waals surface area (Å²) in [4.78, 5) is 13.0. The average molecular weight is 433 g/mol. The molecule has 0 unspecified atom stereocenters. The van der Waals surface area contributed by atoms with Gasteiger partial charge in [0.2, 0.25) is 5.78 Å². The van der Waals surface area contributed by atoms with E-state index in [9.17, 15) is 17.6 Å². The zero-order valence-corrected chi connectivity index (χ0v) is 17.9. The number of hydrogen-bond donors (Lipinski definition) is 2. The third-order valence-electron chi connectivity index (χ3n) is 4.54. The van der Waals surface area contributed by atoms with Gasteiger partial charge in [-0.05, 0) is 55.3 Å². The molecule has 0 atom stereocenters. The van der Waals surface area contributed by atoms with Crippen LogP contribution in [-0.4, -0.2) is 20.0 Å². The number of benzene rings is 2. The van der Waals surface area contributed by atoms with Crippen molar-refractivity contribution in [1.29, 1.82) is 0 Å². The maximum Gasteiger partial charge on any atom is 0.205 e. The van der Waals surface area contributed by atoms with Crippen LogP contribution < -0.4 is 11.1 Å². The molecule has 2 aromatic carbocycles. The van der Waals surface area contributed by atoms with Gasteiger partial charge < -0.3 is 11.1 Å². The van der Waals surface area contributed by atoms with Gasteiger partial charge in [0.15, 0.2) is 9.84 Å². The summed E-state index contributed by atoms with van der Waals surface area (Å²) in [5.74, 6) is -1.07. The van der Waals surface area contributed by atoms with E-state index in [4.69, 9.17) is 5.73 Å². The quantitative estimate of drug-likeness (QED) is 0.543. The molecule has 0 aliphatic carbocycles. The number of ketones is 1. The lowest BCUT2D eigenvalue weighted by molar-refractivity contribution is 0.104. The molecular weight excluding hydrogens is 411 g/mol. The van der Waals surface area contributed by atoms with Crippen LogP contribution in [0.15, 0.2) is 47.4 Å². The number of carbonyl (C=O) groups excluding carboxylic acids is 1. The summed E-state index contributed by atoms with van der Waals surface area (Å²) in [5, 5.41) is 3.44. The first-order chi connectivity index (χ1) is 13.6. The molecule has 0 aliphatic rings. The summed E-state index contributed by atoms with van der Waals surface area (Å²) in [7, 11) is -3.69. The van der Waals surface area contributed by atoms with E-state index in [1.54, 1.807) is 0 Å². The second kappa shape index (κ2) is 7.96. The topological polar surface area (TPSA) is 89.3 Å². The average Bonchev–Trinajstić information content (AvgIpc) is 3.01. The minimum absolute atomic E-state index is 0.0728. The first kappa shape index (κ1) is 21.0. The number of halogens is 1. The lowest BCUT2D eigenvalue weighted by atomic mass is 10.1. The van der Waals surface area contributed by atoms with Crippen molar-refractivity contribution in [2.75, 3.05) is 16.8 Å². The third kappa shape index (κ3) is 4.18. The predicted molar refractivity (Wildman–Crippen MR) is 115 cm³/mol. The molecule has 3 N–H and O–H groups in total. The van der Waals surface area contributed by atoms with Crippen LogP contribution in [0.2, 0.25) is 0 Å². The largest absolute Gasteiger partial charge is 0.396 e. The molecule has 1 aromatic heterocycles. The predicted octanol–water partition coefficient (Wildman–Crippen LogP) is 4.85. The van der Waals surface area contributed by atoms with Crippen LogP contribution in [0.25, 0.3) is 0 Å². The maximum absolute atomic E-state index is 13.2. The molecule has 1 heterocycles. The molecule has 0 saturated heterocycles. The van der Waals surface area contributed by atoms with Crippen LogP contribution in [0.1, 0.15) is 33.3 Å². The fourth-order valence-corrected chi connectivity index (χ4v) is 5.48. The van der Waals surface area contributed by atoms with E-state index in [-0.39, 0.29) is 26.8 Å². The van der Waals surface area contributed by atoms with Crippen LogP contribution in [0.4, 0.5) is 20.8 Å². The van der Waals surface area contributed by atoms with Crippen LogP contribution in [0, 0.1) is 19.7 Å². The number of aryl methyl sites for hydroxylation is 2. The van der Waals surface area contributed by atoms with Crippen molar-refractivity contribution >= 4 is 43.3 Å². The van der Waals surface area contributed by atoms with Crippen molar-refractivity contribution in [1.82, 2.24) is 0 Å². The SMILES string of the molecule is CCS(=O)(=O)c1c(Nc2cc(C)ccc2C)sc(C(=O)c2ccc(F)cc2)c1N. The fraction of sp³-hybridized carbons (Fsp3) is 0.190. The summed E-state index contributed by atoms with van der Waals surface area (Å²) < 4.78 is 38.6. The van der Waals surface area contributed by atoms with Gasteiger partial charge in [0.1, 0.15) is 20.6 Å². The lowest BCUT2D eigenvalue weighted by Gasteiger charge is -2.11. The van der Waals surface area contributed by atoms with Crippen molar-refractivity contribution < 1.29 is 17.6 Å². The Kier molecular flexibility index (Phi) is 5.77. The molecule has 0 radical (unpaired) electrons. The molecule has 0 aliphatic heterocycles. The Balaban J connectivity index is 2.15. The van der Waals surface area contributed by atoms with Crippen molar-refractivity contribution in [3.63, 3.8) is 0 Å². The van der Waals surface area contributed by atoms with Crippen molar-refractivity contribution in [2.45, 2.75) is 25.7 Å². The number of anilines is 3. The Morgan fingerprint density at radius 1 is 1.14 bits per heavy atom. The van der Waals surface area contributed by atoms with Gasteiger partial charge in [-0.2, -0.15) is 0 Å². The first-order valence-corrected chi connectivity index (χ1v) is 11.4. The minimum Gasteiger partial charge on any atom is -0.396 e. The monoisotopic (exact) mass is 432 g/mol. The molecule has 0 saturated carbocycles. The van der Waals surface area contributed by atoms with Gasteiger partial charge in [-0.1, -0.05) is 19.1 Å². The first-order valence-electron chi connectivity index (χ1n) is 8.93. The van der Waals surface area contributed by atoms with Gasteiger partial charge in [0.25, 0.3) is 0 Å². The highest BCUT2D eigenvalue weighted by molar-refractivity contribution is 7.92. The lowest BCUT2D eigenvalue weighted by Crippen LogP contribution is -2.09. The van der Waals surface area contributed by atoms with E-state index in [1.807, 2.05) is 32.0 Å². The normalized spacial score (nSPS) is 11.4. The molecule has 5 nitrogen and oxygen atoms in total. The van der Waals surface area contributed by atoms with E-state index in [0.717, 1.165) is 28.2 Å². The Morgan fingerprint density at radius 2 is 1.79 bits per heavy atom. The van der Waals surface area contributed by atoms with Gasteiger partial charge in [-0.25, -0.2) is 12.8 Å². The summed E-state index contributed by atoms with van der Waals surface area (Å²) in [6, 6.07) is 10.8. The summed E-state index contributed by atoms with van der Waals surface area (Å²) in [6.45, 7) is 5.35. The number of carbonyl (C=O) groups is 1. The van der Waals surface area contributed by atoms with E-state index in [1.165, 1.54) is 31.2 Å². The number of thiophene rings is 1. The highest BCUT2D eigenvalue weighted by atomic mass is 32.2. The molecule has 3 aromatic rings. The molecule has 152 valence electrons. The summed E-state index contributed by atoms with van der Waals surface area (Å²) in [6.07, 6.45) is 0. The molecule has 0 amide bonds. The van der Waals surface area contributed by atoms with Gasteiger partial charge in [0, 0.05) is 11.3 Å². The van der Waals surface area contributed by atoms with Crippen molar-refractivity contribution in [3.8, 4) is 0 Å². The molecule has 8 heteroatoms. The Bertz CT molecular complexity index is 1180. The summed E-state index contributed by atoms with van der Waals surface area (Å²) >= 11 is 0.986. The number of nitrogen functional groups attached to an aromatic ring is 1. The second-order valence-electron chi connectivity index (χ2n) is 6.69. The van der Waals surface area contributed by atoms with Crippen molar-refractivity contribution in [2.24, 2.45) is 0 Å². The zero-order chi connectivity index (χ0) is 21.3. The van der Waals surface area contributed by atoms with Gasteiger partial charge in [-0.15, -0.1) is 11.3 Å². The van der Waals surface area contributed by atoms with Crippen LogP contribution in [0.5, 0.6) is 0 Å². The molecular formula is C21H21FN2O3S2. The van der Waals surface area contributed by atoms with Crippen LogP contribution in [0.3, 0.4) is 0 Å². The van der Waals surface area contributed by atoms with E-state index in [0.29, 0.717) is 5.00 Å². The van der Waals surface area contributed by atoms with E-state index in [2.05, 4.69) is 5.32 Å². The van der Waals surface area contributed by atoms with Crippen LogP contribution >= 0.6 is 11.3 Å². The smallest absolute Gasteiger partial charge is 0.205 e. The summed E-state index contributed by atoms with van der Waals surface area (Å²) in [5.41, 5.74) is 8.97. The highest BCUT2D eigenvalue weighted by Crippen LogP contribution is 2.42. The number of sulfone groups is 1. The van der Waals surface area contributed by atoms with E-state index < -0.39 is 21.4 Å². The van der Waals surface area contributed by atoms with Crippen LogP contribution in [-0.2, 0) is 9.84 Å². The Hall–Kier alpha value is -2.71. The van der Waals surface area contributed by atoms with Gasteiger partial charge in [-0.3, -0.25) is 4.79 Å². The standard InChI is InChI=1S/C21H21FN2O3S2/c1-4-29(26,27)20-17(23)19(18(25)14-7-9-15(22)10-8-14)28-21(20)24-16-11-12(2)5-6-13(16)3/h5-11,24H,4,23H2,1-3H3. The Morgan fingerprint density at radius 3 is 2.41 bits per heavy atom. The number of rotatable bonds is 6. The van der Waals surface area contributed by atoms with Gasteiger partial charge in [0.05, 0.1) is 11.4 Å². The molecule has 0 spiro atoms. The van der Waals surface area contributed by atoms with Gasteiger partial charge >= 0.3 is 0 Å². The second-order valence-corrected chi connectivity index (χ2v) is 9.92. The molecule has 0 fully saturated rings. The van der Waals surface area contributed by atoms with E-state index >= 15 is 0 Å².